The number of alkyl halides is 3. The summed E-state index contributed by atoms with van der Waals surface area (Å²) in [7, 11) is 0. The molecule has 146 valence electrons. The van der Waals surface area contributed by atoms with Crippen molar-refractivity contribution in [3.8, 4) is 5.75 Å². The number of rotatable bonds is 8. The highest BCUT2D eigenvalue weighted by atomic mass is 19.4. The van der Waals surface area contributed by atoms with E-state index in [-0.39, 0.29) is 17.2 Å². The minimum absolute atomic E-state index is 0.274. The fourth-order valence-corrected chi connectivity index (χ4v) is 2.76. The van der Waals surface area contributed by atoms with Crippen LogP contribution in [0.3, 0.4) is 0 Å². The second-order valence-electron chi connectivity index (χ2n) is 6.16. The summed E-state index contributed by atoms with van der Waals surface area (Å²) < 4.78 is 40.4. The monoisotopic (exact) mass is 381 g/mol. The smallest absolute Gasteiger partial charge is 0.406 e. The molecule has 0 aliphatic rings. The van der Waals surface area contributed by atoms with Crippen LogP contribution < -0.4 is 15.0 Å². The van der Waals surface area contributed by atoms with Crippen LogP contribution in [0.25, 0.3) is 0 Å². The second-order valence-corrected chi connectivity index (χ2v) is 6.16. The molecule has 0 aliphatic heterocycles. The van der Waals surface area contributed by atoms with Gasteiger partial charge < -0.3 is 15.0 Å². The van der Waals surface area contributed by atoms with Crippen LogP contribution in [0.1, 0.15) is 35.3 Å². The van der Waals surface area contributed by atoms with Gasteiger partial charge in [0.25, 0.3) is 5.91 Å². The molecule has 2 rings (SSSR count). The third-order valence-corrected chi connectivity index (χ3v) is 4.35. The van der Waals surface area contributed by atoms with E-state index in [1.54, 1.807) is 0 Å². The molecule has 4 nitrogen and oxygen atoms in total. The Balaban J connectivity index is 1.99. The van der Waals surface area contributed by atoms with E-state index in [9.17, 15) is 18.0 Å². The van der Waals surface area contributed by atoms with Crippen molar-refractivity contribution in [3.05, 3.63) is 65.2 Å². The van der Waals surface area contributed by atoms with Crippen molar-refractivity contribution in [1.82, 2.24) is 5.32 Å². The molecule has 0 unspecified atom stereocenters. The minimum atomic E-state index is -4.75. The number of nitrogens with one attached hydrogen (secondary N) is 2. The number of halogens is 3. The molecule has 0 aromatic heterocycles. The molecule has 27 heavy (non-hydrogen) atoms. The molecule has 1 amide bonds. The van der Waals surface area contributed by atoms with E-state index in [4.69, 9.17) is 0 Å². The lowest BCUT2D eigenvalue weighted by atomic mass is 10.1. The van der Waals surface area contributed by atoms with Gasteiger partial charge in [0.2, 0.25) is 0 Å². The molecular formula is C20H24F3N2O2+. The number of benzene rings is 2. The van der Waals surface area contributed by atoms with E-state index >= 15 is 0 Å². The average Bonchev–Trinajstić information content (AvgIpc) is 2.64. The summed E-state index contributed by atoms with van der Waals surface area (Å²) in [6.07, 6.45) is -4.75. The fourth-order valence-electron chi connectivity index (χ4n) is 2.76. The molecule has 0 aliphatic carbocycles. The van der Waals surface area contributed by atoms with Crippen molar-refractivity contribution in [2.24, 2.45) is 0 Å². The van der Waals surface area contributed by atoms with Crippen molar-refractivity contribution >= 4 is 5.91 Å². The van der Waals surface area contributed by atoms with Gasteiger partial charge in [0, 0.05) is 17.7 Å². The average molecular weight is 381 g/mol. The first kappa shape index (κ1) is 20.8. The molecule has 0 spiro atoms. The lowest BCUT2D eigenvalue weighted by Crippen LogP contribution is -3.10. The Hall–Kier alpha value is -2.54. The summed E-state index contributed by atoms with van der Waals surface area (Å²) in [5, 5.41) is 2.82. The Kier molecular flexibility index (Phi) is 7.24. The number of hydrogen-bond acceptors (Lipinski definition) is 2. The Morgan fingerprint density at radius 2 is 1.59 bits per heavy atom. The second kappa shape index (κ2) is 9.41. The highest BCUT2D eigenvalue weighted by molar-refractivity contribution is 5.94. The standard InChI is InChI=1S/C20H23F3N2O2/c1-3-25(4-2)14-17-8-6-5-7-16(17)13-24-19(26)15-9-11-18(12-10-15)27-20(21,22)23/h5-12H,3-4,13-14H2,1-2H3,(H,24,26)/p+1. The van der Waals surface area contributed by atoms with Gasteiger partial charge in [0.05, 0.1) is 13.1 Å². The zero-order valence-corrected chi connectivity index (χ0v) is 15.4. The number of ether oxygens (including phenoxy) is 1. The van der Waals surface area contributed by atoms with Crippen molar-refractivity contribution in [1.29, 1.82) is 0 Å². The molecule has 2 aromatic rings. The molecule has 0 saturated heterocycles. The molecule has 0 bridgehead atoms. The maximum absolute atomic E-state index is 12.3. The number of hydrogen-bond donors (Lipinski definition) is 2. The zero-order chi connectivity index (χ0) is 19.9. The summed E-state index contributed by atoms with van der Waals surface area (Å²) in [6.45, 7) is 7.54. The first-order valence-corrected chi connectivity index (χ1v) is 8.86. The highest BCUT2D eigenvalue weighted by Gasteiger charge is 2.31. The number of carbonyl (C=O) groups is 1. The van der Waals surface area contributed by atoms with Crippen LogP contribution in [0.15, 0.2) is 48.5 Å². The Bertz CT molecular complexity index is 742. The van der Waals surface area contributed by atoms with Gasteiger partial charge in [-0.05, 0) is 43.7 Å². The lowest BCUT2D eigenvalue weighted by Gasteiger charge is -2.18. The molecule has 0 heterocycles. The van der Waals surface area contributed by atoms with Gasteiger partial charge >= 0.3 is 6.36 Å². The third-order valence-electron chi connectivity index (χ3n) is 4.35. The van der Waals surface area contributed by atoms with Gasteiger partial charge in [-0.3, -0.25) is 4.79 Å². The van der Waals surface area contributed by atoms with Crippen molar-refractivity contribution in [2.75, 3.05) is 13.1 Å². The van der Waals surface area contributed by atoms with Crippen molar-refractivity contribution in [2.45, 2.75) is 33.3 Å². The predicted molar refractivity (Wildman–Crippen MR) is 96.5 cm³/mol. The predicted octanol–water partition coefficient (Wildman–Crippen LogP) is 2.94. The third kappa shape index (κ3) is 6.60. The Morgan fingerprint density at radius 1 is 1.00 bits per heavy atom. The quantitative estimate of drug-likeness (QED) is 0.738. The molecule has 2 aromatic carbocycles. The molecule has 0 radical (unpaired) electrons. The first-order chi connectivity index (χ1) is 12.8. The van der Waals surface area contributed by atoms with Gasteiger partial charge in [0.1, 0.15) is 12.3 Å². The van der Waals surface area contributed by atoms with Crippen LogP contribution >= 0.6 is 0 Å². The largest absolute Gasteiger partial charge is 0.573 e. The Labute approximate surface area is 156 Å². The van der Waals surface area contributed by atoms with E-state index in [0.29, 0.717) is 6.54 Å². The Morgan fingerprint density at radius 3 is 2.15 bits per heavy atom. The van der Waals surface area contributed by atoms with Crippen LogP contribution in [-0.4, -0.2) is 25.4 Å². The summed E-state index contributed by atoms with van der Waals surface area (Å²) in [5.74, 6) is -0.704. The topological polar surface area (TPSA) is 42.8 Å². The summed E-state index contributed by atoms with van der Waals surface area (Å²) >= 11 is 0. The summed E-state index contributed by atoms with van der Waals surface area (Å²) in [4.78, 5) is 13.7. The van der Waals surface area contributed by atoms with Crippen molar-refractivity contribution < 1.29 is 27.6 Å². The zero-order valence-electron chi connectivity index (χ0n) is 15.4. The molecule has 0 fully saturated rings. The lowest BCUT2D eigenvalue weighted by molar-refractivity contribution is -0.910. The maximum Gasteiger partial charge on any atom is 0.573 e. The van der Waals surface area contributed by atoms with E-state index in [2.05, 4.69) is 30.0 Å². The van der Waals surface area contributed by atoms with Crippen LogP contribution in [0.5, 0.6) is 5.75 Å². The normalized spacial score (nSPS) is 11.5. The van der Waals surface area contributed by atoms with Crippen LogP contribution in [0.4, 0.5) is 13.2 Å². The van der Waals surface area contributed by atoms with Crippen LogP contribution in [0.2, 0.25) is 0 Å². The van der Waals surface area contributed by atoms with Gasteiger partial charge in [0.15, 0.2) is 0 Å². The van der Waals surface area contributed by atoms with Gasteiger partial charge in [-0.1, -0.05) is 24.3 Å². The SMILES string of the molecule is CC[NH+](CC)Cc1ccccc1CNC(=O)c1ccc(OC(F)(F)F)cc1. The van der Waals surface area contributed by atoms with E-state index in [1.807, 2.05) is 18.2 Å². The van der Waals surface area contributed by atoms with E-state index in [0.717, 1.165) is 37.3 Å². The summed E-state index contributed by atoms with van der Waals surface area (Å²) in [5.41, 5.74) is 2.48. The van der Waals surface area contributed by atoms with Crippen LogP contribution in [0, 0.1) is 0 Å². The number of quaternary nitrogens is 1. The van der Waals surface area contributed by atoms with Crippen molar-refractivity contribution in [3.63, 3.8) is 0 Å². The molecular weight excluding hydrogens is 357 g/mol. The van der Waals surface area contributed by atoms with E-state index < -0.39 is 6.36 Å². The highest BCUT2D eigenvalue weighted by Crippen LogP contribution is 2.22. The minimum Gasteiger partial charge on any atom is -0.406 e. The van der Waals surface area contributed by atoms with Gasteiger partial charge in [-0.25, -0.2) is 0 Å². The first-order valence-electron chi connectivity index (χ1n) is 8.86. The van der Waals surface area contributed by atoms with Gasteiger partial charge in [-0.2, -0.15) is 0 Å². The fraction of sp³-hybridized carbons (Fsp3) is 0.350. The van der Waals surface area contributed by atoms with Gasteiger partial charge in [-0.15, -0.1) is 13.2 Å². The number of carbonyl (C=O) groups excluding carboxylic acids is 1. The molecule has 2 N–H and O–H groups in total. The van der Waals surface area contributed by atoms with Crippen LogP contribution in [-0.2, 0) is 13.1 Å². The summed E-state index contributed by atoms with van der Waals surface area (Å²) in [6, 6.07) is 12.8. The molecule has 0 atom stereocenters. The molecule has 7 heteroatoms. The molecule has 0 saturated carbocycles. The number of amides is 1. The van der Waals surface area contributed by atoms with E-state index in [1.165, 1.54) is 22.6 Å². The maximum atomic E-state index is 12.3.